The quantitative estimate of drug-likeness (QED) is 0.131. The fraction of sp³-hybridized carbons (Fsp3) is 0.0612. The van der Waals surface area contributed by atoms with Crippen LogP contribution < -0.4 is 0 Å². The van der Waals surface area contributed by atoms with E-state index < -0.39 is 0 Å². The normalized spacial score (nSPS) is 11.2. The number of furan rings is 1. The number of benzene rings is 7. The molecule has 0 aliphatic carbocycles. The van der Waals surface area contributed by atoms with E-state index in [1.165, 1.54) is 37.9 Å². The molecule has 10 aromatic rings. The van der Waals surface area contributed by atoms with Gasteiger partial charge in [-0.25, -0.2) is 0 Å². The average molecular weight is 859 g/mol. The van der Waals surface area contributed by atoms with Crippen molar-refractivity contribution in [3.63, 3.8) is 0 Å². The van der Waals surface area contributed by atoms with Crippen LogP contribution in [0.1, 0.15) is 25.3 Å². The van der Waals surface area contributed by atoms with Crippen LogP contribution in [0.3, 0.4) is 0 Å². The van der Waals surface area contributed by atoms with Gasteiger partial charge in [-0.3, -0.25) is 0 Å². The first kappa shape index (κ1) is 34.2. The number of pyridine rings is 2. The summed E-state index contributed by atoms with van der Waals surface area (Å²) in [6.45, 7) is 4.36. The third kappa shape index (κ3) is 6.76. The maximum Gasteiger partial charge on any atom is 0.121 e. The van der Waals surface area contributed by atoms with E-state index in [2.05, 4.69) is 152 Å². The van der Waals surface area contributed by atoms with Crippen LogP contribution in [0.25, 0.3) is 87.9 Å². The van der Waals surface area contributed by atoms with Crippen LogP contribution in [0.15, 0.2) is 168 Å². The van der Waals surface area contributed by atoms with Crippen molar-refractivity contribution in [3.05, 3.63) is 182 Å². The summed E-state index contributed by atoms with van der Waals surface area (Å²) in [7, 11) is 0. The summed E-state index contributed by atoms with van der Waals surface area (Å²) in [5, 5.41) is 9.51. The van der Waals surface area contributed by atoms with Crippen molar-refractivity contribution in [2.75, 3.05) is 0 Å². The van der Waals surface area contributed by atoms with Crippen LogP contribution >= 0.6 is 0 Å². The molecular formula is C49H34IrN2O-2. The van der Waals surface area contributed by atoms with E-state index in [9.17, 15) is 0 Å². The van der Waals surface area contributed by atoms with Crippen molar-refractivity contribution < 1.29 is 24.5 Å². The predicted octanol–water partition coefficient (Wildman–Crippen LogP) is 13.2. The Morgan fingerprint density at radius 2 is 1.19 bits per heavy atom. The van der Waals surface area contributed by atoms with Crippen molar-refractivity contribution in [3.8, 4) is 33.6 Å². The van der Waals surface area contributed by atoms with E-state index in [1.54, 1.807) is 0 Å². The molecule has 0 bridgehead atoms. The van der Waals surface area contributed by atoms with Gasteiger partial charge in [0.25, 0.3) is 0 Å². The van der Waals surface area contributed by atoms with Gasteiger partial charge < -0.3 is 14.4 Å². The molecule has 10 rings (SSSR count). The van der Waals surface area contributed by atoms with Gasteiger partial charge >= 0.3 is 0 Å². The number of aromatic nitrogens is 2. The maximum absolute atomic E-state index is 6.19. The Kier molecular flexibility index (Phi) is 9.41. The maximum atomic E-state index is 6.19. The fourth-order valence-corrected chi connectivity index (χ4v) is 6.93. The van der Waals surface area contributed by atoms with E-state index in [0.717, 1.165) is 55.6 Å². The van der Waals surface area contributed by atoms with Crippen molar-refractivity contribution in [2.45, 2.75) is 19.8 Å². The molecule has 3 heterocycles. The van der Waals surface area contributed by atoms with Gasteiger partial charge in [-0.15, -0.1) is 52.9 Å². The topological polar surface area (TPSA) is 38.9 Å². The Balaban J connectivity index is 0.000000171. The van der Waals surface area contributed by atoms with Crippen LogP contribution in [0.2, 0.25) is 0 Å². The standard InChI is InChI=1S/C31H18NO.C18H16N.Ir/c1-2-6-20(7-3-1)24-10-12-29(32-19-24)23-11-13-30-27(16-23)28-17-25-14-21-8-4-5-9-22(21)15-26(25)18-31(28)33-30;1-13(2)15-10-11-18(19-12-15)17-9-5-7-14-6-3-4-8-16(14)17;/h1-10,12-19H;3-8,10-13H,1-2H3;/q2*-1;. The van der Waals surface area contributed by atoms with Crippen LogP contribution in [-0.2, 0) is 20.1 Å². The molecule has 0 N–H and O–H groups in total. The summed E-state index contributed by atoms with van der Waals surface area (Å²) in [5.74, 6) is 0.512. The van der Waals surface area contributed by atoms with E-state index in [0.29, 0.717) is 5.92 Å². The minimum absolute atomic E-state index is 0. The molecule has 53 heavy (non-hydrogen) atoms. The minimum atomic E-state index is 0. The van der Waals surface area contributed by atoms with Gasteiger partial charge in [-0.2, -0.15) is 0 Å². The van der Waals surface area contributed by atoms with E-state index in [-0.39, 0.29) is 20.1 Å². The number of nitrogens with zero attached hydrogens (tertiary/aromatic N) is 2. The Bertz CT molecular complexity index is 2850. The Hall–Kier alpha value is -5.93. The molecule has 0 amide bonds. The molecule has 0 unspecified atom stereocenters. The van der Waals surface area contributed by atoms with Crippen LogP contribution in [0, 0.1) is 12.1 Å². The molecule has 0 saturated carbocycles. The van der Waals surface area contributed by atoms with Crippen LogP contribution in [0.4, 0.5) is 0 Å². The Morgan fingerprint density at radius 1 is 0.509 bits per heavy atom. The van der Waals surface area contributed by atoms with Gasteiger partial charge in [-0.05, 0) is 79.8 Å². The largest absolute Gasteiger partial charge is 0.500 e. The fourth-order valence-electron chi connectivity index (χ4n) is 6.93. The molecule has 0 atom stereocenters. The third-order valence-electron chi connectivity index (χ3n) is 9.80. The van der Waals surface area contributed by atoms with Crippen molar-refractivity contribution in [1.82, 2.24) is 9.97 Å². The average Bonchev–Trinajstić information content (AvgIpc) is 3.56. The van der Waals surface area contributed by atoms with Crippen molar-refractivity contribution in [1.29, 1.82) is 0 Å². The zero-order valence-electron chi connectivity index (χ0n) is 29.3. The van der Waals surface area contributed by atoms with Crippen LogP contribution in [0.5, 0.6) is 0 Å². The number of rotatable bonds is 4. The smallest absolute Gasteiger partial charge is 0.121 e. The van der Waals surface area contributed by atoms with E-state index in [4.69, 9.17) is 9.40 Å². The van der Waals surface area contributed by atoms with E-state index in [1.807, 2.05) is 42.7 Å². The number of hydrogen-bond donors (Lipinski definition) is 0. The Labute approximate surface area is 322 Å². The summed E-state index contributed by atoms with van der Waals surface area (Å²) in [6.07, 6.45) is 3.89. The first-order valence-corrected chi connectivity index (χ1v) is 17.7. The zero-order valence-corrected chi connectivity index (χ0v) is 31.7. The molecule has 0 fully saturated rings. The van der Waals surface area contributed by atoms with Gasteiger partial charge in [0.1, 0.15) is 5.58 Å². The molecule has 3 aromatic heterocycles. The van der Waals surface area contributed by atoms with Gasteiger partial charge in [0.15, 0.2) is 0 Å². The second-order valence-electron chi connectivity index (χ2n) is 13.5. The van der Waals surface area contributed by atoms with Gasteiger partial charge in [0, 0.05) is 37.9 Å². The molecule has 0 spiro atoms. The second-order valence-corrected chi connectivity index (χ2v) is 13.5. The Morgan fingerprint density at radius 3 is 1.91 bits per heavy atom. The third-order valence-corrected chi connectivity index (χ3v) is 9.80. The molecule has 0 saturated heterocycles. The summed E-state index contributed by atoms with van der Waals surface area (Å²) >= 11 is 0. The molecule has 1 radical (unpaired) electrons. The molecule has 257 valence electrons. The summed E-state index contributed by atoms with van der Waals surface area (Å²) in [6, 6.07) is 59.2. The molecule has 7 aromatic carbocycles. The predicted molar refractivity (Wildman–Crippen MR) is 216 cm³/mol. The van der Waals surface area contributed by atoms with Gasteiger partial charge in [0.2, 0.25) is 0 Å². The SMILES string of the molecule is CC(C)c1ccc(-c2[c-]ccc3ccccc23)nc1.[Ir].[c-]1cc2oc3cc4cc5ccccc5cc4cc3c2cc1-c1ccc(-c2ccccc2)cn1. The second kappa shape index (κ2) is 14.6. The first-order chi connectivity index (χ1) is 25.6. The van der Waals surface area contributed by atoms with Gasteiger partial charge in [-0.1, -0.05) is 128 Å². The van der Waals surface area contributed by atoms with Crippen molar-refractivity contribution in [2.24, 2.45) is 0 Å². The molecule has 4 heteroatoms. The molecular weight excluding hydrogens is 825 g/mol. The molecule has 3 nitrogen and oxygen atoms in total. The molecule has 0 aliphatic rings. The molecule has 0 aliphatic heterocycles. The van der Waals surface area contributed by atoms with E-state index >= 15 is 0 Å². The number of fused-ring (bicyclic) bond motifs is 6. The first-order valence-electron chi connectivity index (χ1n) is 17.7. The number of hydrogen-bond acceptors (Lipinski definition) is 3. The summed E-state index contributed by atoms with van der Waals surface area (Å²) in [5.41, 5.74) is 9.20. The van der Waals surface area contributed by atoms with Crippen LogP contribution in [-0.4, -0.2) is 9.97 Å². The van der Waals surface area contributed by atoms with Crippen molar-refractivity contribution >= 4 is 54.3 Å². The van der Waals surface area contributed by atoms with Gasteiger partial charge in [0.05, 0.1) is 5.58 Å². The summed E-state index contributed by atoms with van der Waals surface area (Å²) in [4.78, 5) is 9.31. The zero-order chi connectivity index (χ0) is 35.0. The minimum Gasteiger partial charge on any atom is -0.500 e. The summed E-state index contributed by atoms with van der Waals surface area (Å²) < 4.78 is 6.19. The monoisotopic (exact) mass is 859 g/mol.